The summed E-state index contributed by atoms with van der Waals surface area (Å²) >= 11 is 5.41. The molecule has 1 unspecified atom stereocenters. The second kappa shape index (κ2) is 5.15. The lowest BCUT2D eigenvalue weighted by Gasteiger charge is -2.26. The Kier molecular flexibility index (Phi) is 5.29. The number of alkyl halides is 1. The Morgan fingerprint density at radius 2 is 1.67 bits per heavy atom. The van der Waals surface area contributed by atoms with Gasteiger partial charge in [-0.05, 0) is 20.8 Å². The van der Waals surface area contributed by atoms with E-state index in [0.717, 1.165) is 0 Å². The normalized spacial score (nSPS) is 17.5. The Morgan fingerprint density at radius 1 is 1.20 bits per heavy atom. The second-order valence-corrected chi connectivity index (χ2v) is 6.98. The molecule has 4 nitrogen and oxygen atoms in total. The van der Waals surface area contributed by atoms with Gasteiger partial charge in [0.2, 0.25) is 0 Å². The van der Waals surface area contributed by atoms with E-state index in [9.17, 15) is 4.57 Å². The first-order valence-corrected chi connectivity index (χ1v) is 6.76. The van der Waals surface area contributed by atoms with Crippen molar-refractivity contribution in [3.63, 3.8) is 0 Å². The standard InChI is InChI=1S/C9H20ClO4P/c1-8(2,3)13-15(11,12-7-10)14-9(4,5)6/h7H2,1-6H3/p+1. The van der Waals surface area contributed by atoms with Crippen molar-refractivity contribution < 1.29 is 18.1 Å². The highest BCUT2D eigenvalue weighted by atomic mass is 35.5. The summed E-state index contributed by atoms with van der Waals surface area (Å²) in [6.45, 7) is 10.8. The SMILES string of the molecule is CC(C)(C)OP(=O)(OCCl)[OH+]C(C)(C)C. The van der Waals surface area contributed by atoms with Crippen molar-refractivity contribution in [2.75, 3.05) is 6.07 Å². The van der Waals surface area contributed by atoms with E-state index in [1.807, 2.05) is 20.8 Å². The topological polar surface area (TPSA) is 48.3 Å². The molecular weight excluding hydrogens is 239 g/mol. The fraction of sp³-hybridized carbons (Fsp3) is 1.00. The molecule has 0 aromatic heterocycles. The van der Waals surface area contributed by atoms with Crippen LogP contribution in [0.4, 0.5) is 0 Å². The van der Waals surface area contributed by atoms with Crippen LogP contribution in [0.15, 0.2) is 0 Å². The first-order valence-electron chi connectivity index (χ1n) is 4.73. The highest BCUT2D eigenvalue weighted by Gasteiger charge is 2.43. The van der Waals surface area contributed by atoms with Gasteiger partial charge in [-0.1, -0.05) is 11.6 Å². The van der Waals surface area contributed by atoms with E-state index in [1.54, 1.807) is 20.8 Å². The van der Waals surface area contributed by atoms with Crippen LogP contribution in [-0.4, -0.2) is 21.8 Å². The van der Waals surface area contributed by atoms with Gasteiger partial charge in [-0.3, -0.25) is 0 Å². The van der Waals surface area contributed by atoms with Crippen LogP contribution >= 0.6 is 19.4 Å². The summed E-state index contributed by atoms with van der Waals surface area (Å²) in [5.41, 5.74) is -1.08. The summed E-state index contributed by atoms with van der Waals surface area (Å²) in [7, 11) is -3.47. The Bertz CT molecular complexity index is 221. The van der Waals surface area contributed by atoms with Crippen molar-refractivity contribution in [1.82, 2.24) is 0 Å². The van der Waals surface area contributed by atoms with Gasteiger partial charge in [-0.25, -0.2) is 9.05 Å². The first-order chi connectivity index (χ1) is 6.47. The van der Waals surface area contributed by atoms with E-state index in [2.05, 4.69) is 4.52 Å². The molecule has 1 atom stereocenters. The smallest absolute Gasteiger partial charge is 0.352 e. The van der Waals surface area contributed by atoms with Crippen LogP contribution in [0.1, 0.15) is 41.5 Å². The third-order valence-corrected chi connectivity index (χ3v) is 3.36. The summed E-state index contributed by atoms with van der Waals surface area (Å²) in [6.07, 6.45) is 0. The molecule has 0 rings (SSSR count). The third-order valence-electron chi connectivity index (χ3n) is 1.02. The molecule has 0 aliphatic heterocycles. The molecule has 0 bridgehead atoms. The summed E-state index contributed by atoms with van der Waals surface area (Å²) in [6, 6.07) is -0.201. The van der Waals surface area contributed by atoms with Crippen molar-refractivity contribution >= 4 is 19.4 Å². The zero-order chi connectivity index (χ0) is 12.3. The van der Waals surface area contributed by atoms with E-state index >= 15 is 0 Å². The molecule has 0 saturated carbocycles. The van der Waals surface area contributed by atoms with Gasteiger partial charge in [-0.2, -0.15) is 4.57 Å². The monoisotopic (exact) mass is 259 g/mol. The summed E-state index contributed by atoms with van der Waals surface area (Å²) in [5.74, 6) is 0. The average Bonchev–Trinajstić information content (AvgIpc) is 1.74. The highest BCUT2D eigenvalue weighted by Crippen LogP contribution is 2.52. The molecule has 0 amide bonds. The van der Waals surface area contributed by atoms with Gasteiger partial charge in [0.25, 0.3) is 0 Å². The zero-order valence-electron chi connectivity index (χ0n) is 10.2. The Balaban J connectivity index is 4.68. The molecule has 0 fully saturated rings. The van der Waals surface area contributed by atoms with E-state index < -0.39 is 19.0 Å². The largest absolute Gasteiger partial charge is 0.637 e. The predicted molar refractivity (Wildman–Crippen MR) is 62.2 cm³/mol. The van der Waals surface area contributed by atoms with Gasteiger partial charge >= 0.3 is 7.82 Å². The second-order valence-electron chi connectivity index (χ2n) is 5.18. The number of hydrogen-bond donors (Lipinski definition) is 0. The van der Waals surface area contributed by atoms with Crippen molar-refractivity contribution in [1.29, 1.82) is 0 Å². The number of rotatable bonds is 4. The fourth-order valence-electron chi connectivity index (χ4n) is 0.851. The van der Waals surface area contributed by atoms with Gasteiger partial charge < -0.3 is 4.52 Å². The van der Waals surface area contributed by atoms with E-state index in [0.29, 0.717) is 0 Å². The van der Waals surface area contributed by atoms with Crippen LogP contribution in [0.25, 0.3) is 0 Å². The Morgan fingerprint density at radius 3 is 1.93 bits per heavy atom. The summed E-state index contributed by atoms with van der Waals surface area (Å²) in [4.78, 5) is 0. The maximum atomic E-state index is 12.1. The minimum absolute atomic E-state index is 0.201. The minimum Gasteiger partial charge on any atom is -0.352 e. The van der Waals surface area contributed by atoms with Gasteiger partial charge in [0.05, 0.1) is 5.60 Å². The van der Waals surface area contributed by atoms with Gasteiger partial charge in [0, 0.05) is 20.8 Å². The van der Waals surface area contributed by atoms with Crippen molar-refractivity contribution in [2.24, 2.45) is 0 Å². The molecule has 0 aromatic carbocycles. The van der Waals surface area contributed by atoms with E-state index in [1.165, 1.54) is 0 Å². The van der Waals surface area contributed by atoms with Crippen LogP contribution in [-0.2, 0) is 13.6 Å². The minimum atomic E-state index is -3.47. The van der Waals surface area contributed by atoms with Gasteiger partial charge in [-0.15, -0.1) is 0 Å². The maximum Gasteiger partial charge on any atom is 0.637 e. The molecule has 0 aromatic rings. The predicted octanol–water partition coefficient (Wildman–Crippen LogP) is 3.45. The van der Waals surface area contributed by atoms with Crippen LogP contribution in [0.2, 0.25) is 0 Å². The lowest BCUT2D eigenvalue weighted by Crippen LogP contribution is -2.27. The van der Waals surface area contributed by atoms with Gasteiger partial charge in [0.1, 0.15) is 6.07 Å². The number of halogens is 1. The maximum absolute atomic E-state index is 12.1. The third kappa shape index (κ3) is 8.23. The molecule has 92 valence electrons. The van der Waals surface area contributed by atoms with Crippen LogP contribution < -0.4 is 0 Å². The van der Waals surface area contributed by atoms with E-state index in [-0.39, 0.29) is 6.07 Å². The quantitative estimate of drug-likeness (QED) is 0.441. The molecule has 0 saturated heterocycles. The molecule has 6 heteroatoms. The molecule has 1 N–H and O–H groups in total. The molecule has 0 aliphatic rings. The highest BCUT2D eigenvalue weighted by molar-refractivity contribution is 7.48. The van der Waals surface area contributed by atoms with Crippen LogP contribution in [0.5, 0.6) is 0 Å². The van der Waals surface area contributed by atoms with Crippen molar-refractivity contribution in [3.05, 3.63) is 0 Å². The van der Waals surface area contributed by atoms with Crippen molar-refractivity contribution in [2.45, 2.75) is 52.7 Å². The molecule has 0 heterocycles. The van der Waals surface area contributed by atoms with Crippen LogP contribution in [0, 0.1) is 0 Å². The molecule has 0 radical (unpaired) electrons. The number of hydrogen-bond acceptors (Lipinski definition) is 3. The van der Waals surface area contributed by atoms with Crippen LogP contribution in [0.3, 0.4) is 0 Å². The number of aliphatic hydroxyl groups is 1. The van der Waals surface area contributed by atoms with E-state index in [4.69, 9.17) is 20.6 Å². The lowest BCUT2D eigenvalue weighted by molar-refractivity contribution is -0.0803. The lowest BCUT2D eigenvalue weighted by atomic mass is 10.2. The molecular formula is C9H21ClO4P+. The average molecular weight is 260 g/mol. The molecule has 0 spiro atoms. The van der Waals surface area contributed by atoms with Crippen molar-refractivity contribution in [3.8, 4) is 0 Å². The Labute approximate surface area is 96.9 Å². The first kappa shape index (κ1) is 15.4. The zero-order valence-corrected chi connectivity index (χ0v) is 11.9. The summed E-state index contributed by atoms with van der Waals surface area (Å²) in [5, 5.41) is 0. The summed E-state index contributed by atoms with van der Waals surface area (Å²) < 4.78 is 26.4. The Hall–Kier alpha value is 0.400. The molecule has 0 aliphatic carbocycles. The fourth-order valence-corrected chi connectivity index (χ4v) is 2.92. The van der Waals surface area contributed by atoms with Gasteiger partial charge in [0.15, 0.2) is 5.60 Å². The molecule has 15 heavy (non-hydrogen) atoms.